The monoisotopic (exact) mass is 580 g/mol. The van der Waals surface area contributed by atoms with Gasteiger partial charge in [-0.05, 0) is 72.7 Å². The van der Waals surface area contributed by atoms with Crippen molar-refractivity contribution in [3.63, 3.8) is 0 Å². The fourth-order valence-electron chi connectivity index (χ4n) is 5.19. The minimum Gasteiger partial charge on any atom is -0.353 e. The Morgan fingerprint density at radius 2 is 1.88 bits per heavy atom. The quantitative estimate of drug-likeness (QED) is 0.421. The number of hydrogen-bond donors (Lipinski definition) is 3. The maximum absolute atomic E-state index is 13.3. The largest absolute Gasteiger partial charge is 0.416 e. The second kappa shape index (κ2) is 12.3. The summed E-state index contributed by atoms with van der Waals surface area (Å²) >= 11 is 0. The van der Waals surface area contributed by atoms with Crippen LogP contribution >= 0.6 is 0 Å². The molecule has 2 aromatic carbocycles. The molecule has 2 aliphatic rings. The van der Waals surface area contributed by atoms with E-state index in [-0.39, 0.29) is 24.0 Å². The second-order valence-electron chi connectivity index (χ2n) is 10.7. The summed E-state index contributed by atoms with van der Waals surface area (Å²) in [5, 5.41) is 8.99. The van der Waals surface area contributed by atoms with E-state index in [4.69, 9.17) is 0 Å². The number of aryl methyl sites for hydroxylation is 1. The molecule has 0 saturated carbocycles. The van der Waals surface area contributed by atoms with Crippen molar-refractivity contribution in [2.24, 2.45) is 5.92 Å². The molecule has 0 spiro atoms. The number of nitrogens with one attached hydrogen (secondary N) is 3. The molecule has 12 heteroatoms. The van der Waals surface area contributed by atoms with Crippen LogP contribution in [0.25, 0.3) is 0 Å². The number of carbonyl (C=O) groups is 2. The zero-order chi connectivity index (χ0) is 29.1. The number of carbonyl (C=O) groups excluding carboxylic acids is 2. The highest BCUT2D eigenvalue weighted by atomic mass is 32.2. The van der Waals surface area contributed by atoms with Crippen LogP contribution in [0.1, 0.15) is 61.4 Å². The minimum atomic E-state index is -4.61. The van der Waals surface area contributed by atoms with Crippen LogP contribution in [0.15, 0.2) is 47.4 Å². The standard InChI is InChI=1S/C28H35F3N4O4S/c1-18(2)16-32-17-19-6-11-23-20(14-19)4-3-5-24(23)34-26(36)15-25-27(37)33-12-13-35(25)40(38,39)22-9-7-21(8-10-22)28(29,30)31/h6-11,14,18,24-25,32H,3-5,12-13,15-17H2,1-2H3,(H,33,37)(H,34,36)/t24-,25?/m1/s1. The first-order valence-corrected chi connectivity index (χ1v) is 14.9. The van der Waals surface area contributed by atoms with E-state index in [0.29, 0.717) is 24.5 Å². The highest BCUT2D eigenvalue weighted by Gasteiger charge is 2.40. The Bertz CT molecular complexity index is 1330. The average Bonchev–Trinajstić information content (AvgIpc) is 2.89. The van der Waals surface area contributed by atoms with E-state index in [2.05, 4.69) is 35.9 Å². The Balaban J connectivity index is 1.46. The van der Waals surface area contributed by atoms with E-state index < -0.39 is 46.0 Å². The van der Waals surface area contributed by atoms with Gasteiger partial charge < -0.3 is 16.0 Å². The smallest absolute Gasteiger partial charge is 0.353 e. The highest BCUT2D eigenvalue weighted by molar-refractivity contribution is 7.89. The first-order valence-electron chi connectivity index (χ1n) is 13.4. The predicted octanol–water partition coefficient (Wildman–Crippen LogP) is 3.52. The van der Waals surface area contributed by atoms with Crippen LogP contribution in [0.4, 0.5) is 13.2 Å². The number of benzene rings is 2. The molecule has 0 aromatic heterocycles. The fourth-order valence-corrected chi connectivity index (χ4v) is 6.78. The molecule has 1 saturated heterocycles. The first-order chi connectivity index (χ1) is 18.9. The van der Waals surface area contributed by atoms with E-state index in [0.717, 1.165) is 59.1 Å². The van der Waals surface area contributed by atoms with E-state index in [1.807, 2.05) is 12.1 Å². The lowest BCUT2D eigenvalue weighted by molar-refractivity contribution is -0.137. The van der Waals surface area contributed by atoms with Gasteiger partial charge in [0.2, 0.25) is 21.8 Å². The van der Waals surface area contributed by atoms with E-state index in [9.17, 15) is 31.2 Å². The van der Waals surface area contributed by atoms with Crippen molar-refractivity contribution < 1.29 is 31.2 Å². The zero-order valence-corrected chi connectivity index (χ0v) is 23.4. The number of hydrogen-bond acceptors (Lipinski definition) is 5. The summed E-state index contributed by atoms with van der Waals surface area (Å²) in [7, 11) is -4.33. The van der Waals surface area contributed by atoms with Gasteiger partial charge in [-0.25, -0.2) is 8.42 Å². The normalized spacial score (nSPS) is 20.2. The summed E-state index contributed by atoms with van der Waals surface area (Å²) in [6, 6.07) is 7.72. The predicted molar refractivity (Wildman–Crippen MR) is 144 cm³/mol. The SMILES string of the molecule is CC(C)CNCc1ccc2c(c1)CCC[C@H]2NC(=O)CC1C(=O)NCCN1S(=O)(=O)c1ccc(C(F)(F)F)cc1. The molecule has 4 rings (SSSR count). The van der Waals surface area contributed by atoms with E-state index in [1.165, 1.54) is 0 Å². The third-order valence-electron chi connectivity index (χ3n) is 7.19. The van der Waals surface area contributed by atoms with Gasteiger partial charge in [-0.1, -0.05) is 32.0 Å². The molecule has 1 unspecified atom stereocenters. The first kappa shape index (κ1) is 30.0. The van der Waals surface area contributed by atoms with Gasteiger partial charge in [-0.2, -0.15) is 17.5 Å². The third-order valence-corrected chi connectivity index (χ3v) is 9.11. The molecule has 1 aliphatic heterocycles. The molecular weight excluding hydrogens is 545 g/mol. The molecule has 218 valence electrons. The summed E-state index contributed by atoms with van der Waals surface area (Å²) in [5.41, 5.74) is 2.34. The fraction of sp³-hybridized carbons (Fsp3) is 0.500. The van der Waals surface area contributed by atoms with Gasteiger partial charge in [0.05, 0.1) is 22.9 Å². The topological polar surface area (TPSA) is 108 Å². The number of alkyl halides is 3. The Morgan fingerprint density at radius 1 is 1.15 bits per heavy atom. The molecule has 0 radical (unpaired) electrons. The molecule has 1 heterocycles. The van der Waals surface area contributed by atoms with Gasteiger partial charge in [-0.3, -0.25) is 9.59 Å². The highest BCUT2D eigenvalue weighted by Crippen LogP contribution is 2.32. The van der Waals surface area contributed by atoms with Gasteiger partial charge in [0.25, 0.3) is 0 Å². The van der Waals surface area contributed by atoms with Crippen LogP contribution in [0.3, 0.4) is 0 Å². The summed E-state index contributed by atoms with van der Waals surface area (Å²) in [6.45, 7) is 5.88. The van der Waals surface area contributed by atoms with Crippen molar-refractivity contribution in [1.82, 2.24) is 20.3 Å². The van der Waals surface area contributed by atoms with Crippen molar-refractivity contribution in [2.45, 2.75) is 69.2 Å². The van der Waals surface area contributed by atoms with Gasteiger partial charge in [0.15, 0.2) is 0 Å². The lowest BCUT2D eigenvalue weighted by Gasteiger charge is -2.34. The molecule has 1 fully saturated rings. The Hall–Kier alpha value is -2.96. The lowest BCUT2D eigenvalue weighted by Crippen LogP contribution is -2.58. The molecule has 0 bridgehead atoms. The van der Waals surface area contributed by atoms with Gasteiger partial charge in [-0.15, -0.1) is 0 Å². The van der Waals surface area contributed by atoms with Crippen LogP contribution in [0.2, 0.25) is 0 Å². The molecule has 2 amide bonds. The maximum Gasteiger partial charge on any atom is 0.416 e. The van der Waals surface area contributed by atoms with Crippen LogP contribution in [0.5, 0.6) is 0 Å². The molecule has 2 aromatic rings. The summed E-state index contributed by atoms with van der Waals surface area (Å²) in [4.78, 5) is 25.5. The number of rotatable bonds is 9. The Morgan fingerprint density at radius 3 is 2.55 bits per heavy atom. The van der Waals surface area contributed by atoms with E-state index >= 15 is 0 Å². The van der Waals surface area contributed by atoms with Crippen LogP contribution < -0.4 is 16.0 Å². The summed E-state index contributed by atoms with van der Waals surface area (Å²) in [6.07, 6.45) is -2.54. The molecule has 3 N–H and O–H groups in total. The average molecular weight is 581 g/mol. The number of fused-ring (bicyclic) bond motifs is 1. The second-order valence-corrected chi connectivity index (χ2v) is 12.6. The summed E-state index contributed by atoms with van der Waals surface area (Å²) in [5.74, 6) is -0.557. The number of piperazine rings is 1. The maximum atomic E-state index is 13.3. The zero-order valence-electron chi connectivity index (χ0n) is 22.6. The minimum absolute atomic E-state index is 0.0289. The van der Waals surface area contributed by atoms with Crippen LogP contribution in [-0.4, -0.2) is 50.2 Å². The van der Waals surface area contributed by atoms with Crippen LogP contribution in [-0.2, 0) is 38.8 Å². The third kappa shape index (κ3) is 7.02. The molecule has 2 atom stereocenters. The number of amides is 2. The van der Waals surface area contributed by atoms with Crippen molar-refractivity contribution in [1.29, 1.82) is 0 Å². The van der Waals surface area contributed by atoms with E-state index in [1.54, 1.807) is 0 Å². The number of halogens is 3. The van der Waals surface area contributed by atoms with Crippen molar-refractivity contribution in [3.05, 3.63) is 64.7 Å². The number of nitrogens with zero attached hydrogens (tertiary/aromatic N) is 1. The molecule has 1 aliphatic carbocycles. The molecule has 40 heavy (non-hydrogen) atoms. The van der Waals surface area contributed by atoms with Crippen molar-refractivity contribution in [2.75, 3.05) is 19.6 Å². The van der Waals surface area contributed by atoms with Gasteiger partial charge in [0, 0.05) is 19.6 Å². The molecule has 8 nitrogen and oxygen atoms in total. The Kier molecular flexibility index (Phi) is 9.21. The lowest BCUT2D eigenvalue weighted by atomic mass is 9.86. The summed E-state index contributed by atoms with van der Waals surface area (Å²) < 4.78 is 66.4. The Labute approximate surface area is 232 Å². The van der Waals surface area contributed by atoms with Crippen molar-refractivity contribution in [3.8, 4) is 0 Å². The van der Waals surface area contributed by atoms with Crippen LogP contribution in [0, 0.1) is 5.92 Å². The number of sulfonamides is 1. The van der Waals surface area contributed by atoms with Gasteiger partial charge >= 0.3 is 6.18 Å². The van der Waals surface area contributed by atoms with Crippen molar-refractivity contribution >= 4 is 21.8 Å². The molecular formula is C28H35F3N4O4S. The van der Waals surface area contributed by atoms with Gasteiger partial charge in [0.1, 0.15) is 6.04 Å².